The summed E-state index contributed by atoms with van der Waals surface area (Å²) in [6.45, 7) is -1.06. The zero-order valence-corrected chi connectivity index (χ0v) is 21.2. The highest BCUT2D eigenvalue weighted by molar-refractivity contribution is 5.91. The van der Waals surface area contributed by atoms with Gasteiger partial charge in [0.05, 0.1) is 44.9 Å². The SMILES string of the molecule is [2H]C([2H])([2H])OC(=O)N[C@@H]1CC[C@@H](n2c(=O)n(C([2H])([2H])[2H])c3cnc(Nc4ccc5c(OC([2H])([2H])[2H])nn([C@@]6(C(N)=O)C[C@@H]6C)c5n4)cc32)C1. The molecule has 2 aliphatic carbocycles. The normalized spacial score (nSPS) is 28.1. The van der Waals surface area contributed by atoms with Crippen molar-refractivity contribution in [3.8, 4) is 5.88 Å². The number of methoxy groups -OCH3 is 2. The summed E-state index contributed by atoms with van der Waals surface area (Å²) in [6, 6.07) is 3.34. The Morgan fingerprint density at radius 2 is 2.08 bits per heavy atom. The van der Waals surface area contributed by atoms with Gasteiger partial charge < -0.3 is 25.8 Å². The lowest BCUT2D eigenvalue weighted by Gasteiger charge is -2.15. The summed E-state index contributed by atoms with van der Waals surface area (Å²) in [5, 5.41) is 9.96. The van der Waals surface area contributed by atoms with E-state index in [9.17, 15) is 14.4 Å². The number of aryl methyl sites for hydroxylation is 1. The maximum absolute atomic E-state index is 13.6. The summed E-state index contributed by atoms with van der Waals surface area (Å²) in [7, 11) is -5.77. The van der Waals surface area contributed by atoms with Crippen LogP contribution in [0.1, 0.15) is 51.0 Å². The Kier molecular flexibility index (Phi) is 3.96. The van der Waals surface area contributed by atoms with Crippen molar-refractivity contribution in [1.82, 2.24) is 34.2 Å². The molecule has 4 atom stereocenters. The second-order valence-electron chi connectivity index (χ2n) is 10.1. The molecule has 0 unspecified atom stereocenters. The van der Waals surface area contributed by atoms with Crippen LogP contribution in [0.15, 0.2) is 29.2 Å². The first-order chi connectivity index (χ1) is 22.7. The van der Waals surface area contributed by atoms with Crippen molar-refractivity contribution in [2.24, 2.45) is 18.6 Å². The zero-order chi connectivity index (χ0) is 35.8. The fraction of sp³-hybridized carbons (Fsp3) is 0.462. The summed E-state index contributed by atoms with van der Waals surface area (Å²) in [4.78, 5) is 47.1. The fourth-order valence-electron chi connectivity index (χ4n) is 5.73. The smallest absolute Gasteiger partial charge is 0.407 e. The highest BCUT2D eigenvalue weighted by Crippen LogP contribution is 2.51. The quantitative estimate of drug-likeness (QED) is 0.306. The van der Waals surface area contributed by atoms with Crippen LogP contribution >= 0.6 is 0 Å². The minimum Gasteiger partial charge on any atom is -0.479 e. The summed E-state index contributed by atoms with van der Waals surface area (Å²) in [6.07, 6.45) is 1.33. The molecule has 14 nitrogen and oxygen atoms in total. The van der Waals surface area contributed by atoms with E-state index in [1.165, 1.54) is 33.6 Å². The number of pyridine rings is 2. The molecule has 210 valence electrons. The molecule has 0 aromatic carbocycles. The molecule has 4 N–H and O–H groups in total. The number of nitrogens with one attached hydrogen (secondary N) is 2. The third-order valence-electron chi connectivity index (χ3n) is 7.87. The molecular formula is C26H31N9O5. The van der Waals surface area contributed by atoms with Gasteiger partial charge in [-0.1, -0.05) is 6.92 Å². The molecule has 2 fully saturated rings. The Labute approximate surface area is 241 Å². The zero-order valence-electron chi connectivity index (χ0n) is 30.2. The van der Waals surface area contributed by atoms with Crippen molar-refractivity contribution in [1.29, 1.82) is 0 Å². The van der Waals surface area contributed by atoms with Crippen molar-refractivity contribution >= 4 is 45.7 Å². The van der Waals surface area contributed by atoms with Crippen LogP contribution in [0.25, 0.3) is 22.1 Å². The van der Waals surface area contributed by atoms with E-state index < -0.39 is 56.4 Å². The highest BCUT2D eigenvalue weighted by atomic mass is 16.5. The van der Waals surface area contributed by atoms with Gasteiger partial charge >= 0.3 is 11.8 Å². The van der Waals surface area contributed by atoms with Crippen molar-refractivity contribution in [2.45, 2.75) is 50.2 Å². The number of hydrogen-bond acceptors (Lipinski definition) is 9. The summed E-state index contributed by atoms with van der Waals surface area (Å²) in [5.41, 5.74) is 4.01. The molecule has 4 aromatic heterocycles. The van der Waals surface area contributed by atoms with Crippen LogP contribution < -0.4 is 26.8 Å². The van der Waals surface area contributed by atoms with E-state index in [1.54, 1.807) is 6.92 Å². The third-order valence-corrected chi connectivity index (χ3v) is 7.87. The molecule has 2 amide bonds. The second-order valence-corrected chi connectivity index (χ2v) is 10.1. The number of amides is 2. The van der Waals surface area contributed by atoms with E-state index >= 15 is 0 Å². The van der Waals surface area contributed by atoms with Gasteiger partial charge in [0.25, 0.3) is 0 Å². The molecular weight excluding hydrogens is 518 g/mol. The Bertz CT molecular complexity index is 2030. The van der Waals surface area contributed by atoms with Crippen molar-refractivity contribution < 1.29 is 31.4 Å². The molecule has 14 heteroatoms. The first-order valence-electron chi connectivity index (χ1n) is 17.0. The number of carbonyl (C=O) groups excluding carboxylic acids is 2. The summed E-state index contributed by atoms with van der Waals surface area (Å²) in [5.74, 6) is -0.824. The summed E-state index contributed by atoms with van der Waals surface area (Å²) >= 11 is 0. The number of primary amides is 1. The number of imidazole rings is 1. The van der Waals surface area contributed by atoms with Crippen molar-refractivity contribution in [2.75, 3.05) is 19.4 Å². The van der Waals surface area contributed by atoms with E-state index in [1.807, 2.05) is 0 Å². The van der Waals surface area contributed by atoms with Gasteiger partial charge in [0.1, 0.15) is 17.2 Å². The fourth-order valence-corrected chi connectivity index (χ4v) is 5.73. The minimum atomic E-state index is -2.94. The van der Waals surface area contributed by atoms with Crippen molar-refractivity contribution in [3.63, 3.8) is 0 Å². The second kappa shape index (κ2) is 9.24. The average Bonchev–Trinajstić information content (AvgIpc) is 3.20. The van der Waals surface area contributed by atoms with Gasteiger partial charge in [-0.3, -0.25) is 13.9 Å². The molecule has 0 saturated heterocycles. The lowest BCUT2D eigenvalue weighted by molar-refractivity contribution is -0.123. The molecule has 2 aliphatic rings. The van der Waals surface area contributed by atoms with E-state index in [0.717, 1.165) is 0 Å². The van der Waals surface area contributed by atoms with Crippen molar-refractivity contribution in [3.05, 3.63) is 34.9 Å². The number of carbonyl (C=O) groups is 2. The molecule has 6 rings (SSSR count). The van der Waals surface area contributed by atoms with Gasteiger partial charge in [-0.25, -0.2) is 24.2 Å². The van der Waals surface area contributed by atoms with E-state index in [2.05, 4.69) is 30.4 Å². The number of fused-ring (bicyclic) bond motifs is 2. The number of nitrogens with zero attached hydrogens (tertiary/aromatic N) is 6. The van der Waals surface area contributed by atoms with Crippen LogP contribution in [-0.2, 0) is 22.0 Å². The predicted molar refractivity (Wildman–Crippen MR) is 146 cm³/mol. The number of nitrogens with two attached hydrogens (primary N) is 1. The van der Waals surface area contributed by atoms with Crippen LogP contribution in [0.5, 0.6) is 5.88 Å². The standard InChI is InChI=1S/C26H31N9O5/c1-13-11-26(13,23(27)36)35-21-16(22(32-35)39-3)7-8-19(31-21)30-20-10-17-18(12-28-20)33(2)25(38)34(17)15-6-5-14(9-15)29-24(37)40-4/h7-8,10,12-15H,5-6,9,11H2,1-4H3,(H2,27,36)(H,29,37)(H,28,30,31)/t13-,14+,15+,26-/m0/s1/i2D3,3D3,4D3. The van der Waals surface area contributed by atoms with Gasteiger partial charge in [0.15, 0.2) is 5.65 Å². The Morgan fingerprint density at radius 1 is 1.23 bits per heavy atom. The molecule has 0 radical (unpaired) electrons. The molecule has 0 aliphatic heterocycles. The number of rotatable bonds is 7. The molecule has 4 aromatic rings. The number of ether oxygens (including phenoxy) is 2. The number of anilines is 2. The summed E-state index contributed by atoms with van der Waals surface area (Å²) < 4.78 is 80.6. The topological polar surface area (TPSA) is 173 Å². The number of hydrogen-bond donors (Lipinski definition) is 3. The first kappa shape index (κ1) is 17.2. The third kappa shape index (κ3) is 3.85. The average molecular weight is 559 g/mol. The predicted octanol–water partition coefficient (Wildman–Crippen LogP) is 1.90. The Balaban J connectivity index is 1.37. The monoisotopic (exact) mass is 558 g/mol. The minimum absolute atomic E-state index is 0.0211. The number of aromatic nitrogens is 6. The van der Waals surface area contributed by atoms with Gasteiger partial charge in [-0.05, 0) is 43.7 Å². The van der Waals surface area contributed by atoms with Crippen LogP contribution in [-0.4, -0.2) is 61.0 Å². The Hall–Kier alpha value is -4.62. The highest BCUT2D eigenvalue weighted by Gasteiger charge is 2.60. The number of alkyl carbamates (subject to hydrolysis) is 1. The van der Waals surface area contributed by atoms with E-state index in [-0.39, 0.29) is 51.9 Å². The molecule has 4 heterocycles. The maximum Gasteiger partial charge on any atom is 0.407 e. The van der Waals surface area contributed by atoms with Gasteiger partial charge in [-0.2, -0.15) is 0 Å². The maximum atomic E-state index is 13.6. The lowest BCUT2D eigenvalue weighted by atomic mass is 10.2. The van der Waals surface area contributed by atoms with Gasteiger partial charge in [-0.15, -0.1) is 5.10 Å². The molecule has 0 spiro atoms. The van der Waals surface area contributed by atoms with Crippen LogP contribution in [0.3, 0.4) is 0 Å². The van der Waals surface area contributed by atoms with Crippen LogP contribution in [0.4, 0.5) is 16.4 Å². The lowest BCUT2D eigenvalue weighted by Crippen LogP contribution is -2.36. The molecule has 40 heavy (non-hydrogen) atoms. The van der Waals surface area contributed by atoms with E-state index in [4.69, 9.17) is 22.8 Å². The Morgan fingerprint density at radius 3 is 2.80 bits per heavy atom. The molecule has 2 saturated carbocycles. The van der Waals surface area contributed by atoms with Gasteiger partial charge in [0, 0.05) is 29.2 Å². The van der Waals surface area contributed by atoms with E-state index in [0.29, 0.717) is 23.8 Å². The van der Waals surface area contributed by atoms with Crippen LogP contribution in [0.2, 0.25) is 0 Å². The van der Waals surface area contributed by atoms with Crippen LogP contribution in [0, 0.1) is 5.92 Å². The molecule has 0 bridgehead atoms. The van der Waals surface area contributed by atoms with Gasteiger partial charge in [0.2, 0.25) is 11.8 Å². The first-order valence-corrected chi connectivity index (χ1v) is 12.5. The largest absolute Gasteiger partial charge is 0.479 e.